The van der Waals surface area contributed by atoms with Crippen molar-refractivity contribution in [2.24, 2.45) is 0 Å². The average molecular weight is 788 g/mol. The lowest BCUT2D eigenvalue weighted by Crippen LogP contribution is -2.08. The van der Waals surface area contributed by atoms with Gasteiger partial charge in [0.2, 0.25) is 0 Å². The summed E-state index contributed by atoms with van der Waals surface area (Å²) >= 11 is 0. The third-order valence-electron chi connectivity index (χ3n) is 15.9. The molecule has 6 aromatic heterocycles. The molecule has 0 unspecified atom stereocenters. The van der Waals surface area contributed by atoms with Crippen LogP contribution in [0.25, 0.3) is 162 Å². The molecular formula is C57H30N3P. The second-order valence-electron chi connectivity index (χ2n) is 18.6. The number of hydrogen-bond acceptors (Lipinski definition) is 0. The van der Waals surface area contributed by atoms with Crippen molar-refractivity contribution < 1.29 is 0 Å². The molecule has 278 valence electrons. The molecule has 0 spiro atoms. The van der Waals surface area contributed by atoms with Crippen LogP contribution in [-0.4, -0.2) is 13.2 Å². The first kappa shape index (κ1) is 29.8. The molecule has 0 atom stereocenters. The van der Waals surface area contributed by atoms with E-state index in [0.717, 1.165) is 0 Å². The van der Waals surface area contributed by atoms with Gasteiger partial charge in [-0.2, -0.15) is 0 Å². The maximum absolute atomic E-state index is 2.74. The van der Waals surface area contributed by atoms with Crippen LogP contribution in [0.15, 0.2) is 127 Å². The molecule has 12 aromatic carbocycles. The zero-order valence-corrected chi connectivity index (χ0v) is 34.3. The number of hydrogen-bond donors (Lipinski definition) is 0. The highest BCUT2D eigenvalue weighted by molar-refractivity contribution is 7.63. The van der Waals surface area contributed by atoms with Gasteiger partial charge >= 0.3 is 0 Å². The van der Waals surface area contributed by atoms with Crippen molar-refractivity contribution in [1.82, 2.24) is 13.2 Å². The predicted molar refractivity (Wildman–Crippen MR) is 264 cm³/mol. The van der Waals surface area contributed by atoms with Gasteiger partial charge in [-0.05, 0) is 122 Å². The summed E-state index contributed by atoms with van der Waals surface area (Å²) in [6, 6.07) is 50.8. The summed E-state index contributed by atoms with van der Waals surface area (Å²) in [7, 11) is -1.00. The van der Waals surface area contributed by atoms with Crippen LogP contribution >= 0.6 is 7.34 Å². The van der Waals surface area contributed by atoms with Crippen molar-refractivity contribution in [2.75, 3.05) is 0 Å². The van der Waals surface area contributed by atoms with E-state index in [9.17, 15) is 0 Å². The number of benzene rings is 12. The molecule has 6 heterocycles. The van der Waals surface area contributed by atoms with Crippen LogP contribution in [0.5, 0.6) is 0 Å². The van der Waals surface area contributed by atoms with E-state index in [-0.39, 0.29) is 0 Å². The zero-order valence-electron chi connectivity index (χ0n) is 33.4. The normalized spacial score (nSPS) is 13.8. The predicted octanol–water partition coefficient (Wildman–Crippen LogP) is 16.4. The van der Waals surface area contributed by atoms with Crippen LogP contribution in [0, 0.1) is 20.8 Å². The average Bonchev–Trinajstić information content (AvgIpc) is 3.29. The van der Waals surface area contributed by atoms with Crippen molar-refractivity contribution in [3.05, 3.63) is 144 Å². The Kier molecular flexibility index (Phi) is 4.42. The molecule has 18 rings (SSSR count). The minimum absolute atomic E-state index is 1.00. The van der Waals surface area contributed by atoms with Gasteiger partial charge in [-0.25, -0.2) is 0 Å². The molecule has 0 aliphatic heterocycles. The molecule has 3 nitrogen and oxygen atoms in total. The first-order valence-electron chi connectivity index (χ1n) is 21.6. The summed E-state index contributed by atoms with van der Waals surface area (Å²) < 4.78 is 8.22. The zero-order chi connectivity index (χ0) is 39.2. The topological polar surface area (TPSA) is 13.2 Å². The SMILES string of the molecule is Cc1ccc2c3c1ccc1ccc4cc5c6c(c4c13)n2c1cc2ccc3ccc4c(C)ccc7c4c3c2c2c1p6c1c(cc3ccc4ccc6c(C)ccc8c6c4c3c1n85)n72. The van der Waals surface area contributed by atoms with Crippen molar-refractivity contribution in [3.63, 3.8) is 0 Å². The summed E-state index contributed by atoms with van der Waals surface area (Å²) in [5.74, 6) is 0. The van der Waals surface area contributed by atoms with E-state index in [0.29, 0.717) is 0 Å². The number of aryl methyl sites for hydroxylation is 3. The molecule has 0 saturated carbocycles. The molecule has 18 aromatic rings. The van der Waals surface area contributed by atoms with Gasteiger partial charge < -0.3 is 13.2 Å². The lowest BCUT2D eigenvalue weighted by molar-refractivity contribution is 1.30. The molecule has 4 heteroatoms. The number of nitrogens with zero attached hydrogens (tertiary/aromatic N) is 3. The monoisotopic (exact) mass is 787 g/mol. The minimum Gasteiger partial charge on any atom is -0.307 e. The van der Waals surface area contributed by atoms with Crippen LogP contribution in [0.3, 0.4) is 0 Å². The fourth-order valence-corrected chi connectivity index (χ4v) is 16.7. The Hall–Kier alpha value is -7.32. The Bertz CT molecular complexity index is 4560. The standard InChI is InChI=1S/C57H30N3P/c1-25-4-19-37-49-34(25)16-13-28-7-10-31-22-41-56-52(46(31)43(28)49)58(37)40-23-32-11-8-29-14-17-36-27(3)6-21-39-51(36)44(29)47(32)53-55(40)61(56)57-42(60(39)53)24-33-12-9-30-15-18-35-26(2)5-20-38-50(35)45(30)48(33)54(57)59(38)41/h4-24H,1-3H3. The van der Waals surface area contributed by atoms with E-state index < -0.39 is 7.34 Å². The molecule has 0 bridgehead atoms. The molecule has 0 radical (unpaired) electrons. The number of aromatic nitrogens is 3. The summed E-state index contributed by atoms with van der Waals surface area (Å²) in [4.78, 5) is 0. The van der Waals surface area contributed by atoms with Gasteiger partial charge in [-0.1, -0.05) is 98.3 Å². The Morgan fingerprint density at radius 2 is 0.574 bits per heavy atom. The minimum atomic E-state index is -1.00. The Labute approximate surface area is 345 Å². The lowest BCUT2D eigenvalue weighted by atomic mass is 9.90. The first-order valence-corrected chi connectivity index (χ1v) is 23.0. The summed E-state index contributed by atoms with van der Waals surface area (Å²) in [6.07, 6.45) is 0. The van der Waals surface area contributed by atoms with E-state index in [1.54, 1.807) is 0 Å². The largest absolute Gasteiger partial charge is 0.307 e. The third-order valence-corrected chi connectivity index (χ3v) is 18.6. The Balaban J connectivity index is 1.32. The molecule has 61 heavy (non-hydrogen) atoms. The van der Waals surface area contributed by atoms with Crippen molar-refractivity contribution >= 4 is 169 Å². The fraction of sp³-hybridized carbons (Fsp3) is 0.0526. The summed E-state index contributed by atoms with van der Waals surface area (Å²) in [5, 5.41) is 29.1. The van der Waals surface area contributed by atoms with Crippen LogP contribution in [0.2, 0.25) is 0 Å². The maximum atomic E-state index is 2.74. The Morgan fingerprint density at radius 1 is 0.279 bits per heavy atom. The van der Waals surface area contributed by atoms with E-state index in [1.807, 2.05) is 0 Å². The van der Waals surface area contributed by atoms with Crippen LogP contribution in [0.1, 0.15) is 16.7 Å². The van der Waals surface area contributed by atoms with Crippen molar-refractivity contribution in [3.8, 4) is 0 Å². The van der Waals surface area contributed by atoms with Crippen LogP contribution in [0.4, 0.5) is 0 Å². The van der Waals surface area contributed by atoms with Gasteiger partial charge in [-0.3, -0.25) is 0 Å². The summed E-state index contributed by atoms with van der Waals surface area (Å²) in [5.41, 5.74) is 16.1. The third kappa shape index (κ3) is 2.86. The van der Waals surface area contributed by atoms with Gasteiger partial charge in [0.05, 0.1) is 49.7 Å². The molecule has 0 saturated heterocycles. The van der Waals surface area contributed by atoms with Gasteiger partial charge in [0.1, 0.15) is 0 Å². The van der Waals surface area contributed by atoms with E-state index >= 15 is 0 Å². The van der Waals surface area contributed by atoms with E-state index in [4.69, 9.17) is 0 Å². The highest BCUT2D eigenvalue weighted by Crippen LogP contribution is 2.62. The second kappa shape index (κ2) is 9.05. The lowest BCUT2D eigenvalue weighted by Gasteiger charge is -2.30. The molecule has 0 aliphatic rings. The van der Waals surface area contributed by atoms with Gasteiger partial charge in [0.15, 0.2) is 0 Å². The number of fused-ring (bicyclic) bond motifs is 6. The molecule has 0 aliphatic carbocycles. The van der Waals surface area contributed by atoms with Gasteiger partial charge in [-0.15, -0.1) is 0 Å². The quantitative estimate of drug-likeness (QED) is 0.107. The van der Waals surface area contributed by atoms with Gasteiger partial charge in [0, 0.05) is 63.8 Å². The first-order chi connectivity index (χ1) is 30.0. The Morgan fingerprint density at radius 3 is 0.902 bits per heavy atom. The highest BCUT2D eigenvalue weighted by Gasteiger charge is 2.32. The summed E-state index contributed by atoms with van der Waals surface area (Å²) in [6.45, 7) is 6.85. The fourth-order valence-electron chi connectivity index (χ4n) is 13.5. The maximum Gasteiger partial charge on any atom is 0.0683 e. The van der Waals surface area contributed by atoms with Gasteiger partial charge in [0.25, 0.3) is 0 Å². The highest BCUT2D eigenvalue weighted by atomic mass is 31.1. The second-order valence-corrected chi connectivity index (χ2v) is 20.6. The van der Waals surface area contributed by atoms with Crippen molar-refractivity contribution in [1.29, 1.82) is 0 Å². The van der Waals surface area contributed by atoms with Crippen LogP contribution in [-0.2, 0) is 0 Å². The smallest absolute Gasteiger partial charge is 0.0683 e. The molecule has 0 amide bonds. The van der Waals surface area contributed by atoms with E-state index in [1.165, 1.54) is 179 Å². The molecule has 0 N–H and O–H groups in total. The number of pyridine rings is 3. The van der Waals surface area contributed by atoms with Crippen LogP contribution < -0.4 is 0 Å². The number of rotatable bonds is 0. The van der Waals surface area contributed by atoms with E-state index in [2.05, 4.69) is 161 Å². The molecule has 0 fully saturated rings. The van der Waals surface area contributed by atoms with Crippen molar-refractivity contribution in [2.45, 2.75) is 20.8 Å². The molecular weight excluding hydrogens is 758 g/mol.